The molecule has 2 atom stereocenters. The second-order valence-electron chi connectivity index (χ2n) is 6.63. The van der Waals surface area contributed by atoms with Crippen LogP contribution in [0.1, 0.15) is 78.1 Å². The van der Waals surface area contributed by atoms with Gasteiger partial charge in [-0.1, -0.05) is 45.4 Å². The second-order valence-corrected chi connectivity index (χ2v) is 7.08. The Balaban J connectivity index is 3.17. The van der Waals surface area contributed by atoms with Crippen molar-refractivity contribution >= 4 is 12.6 Å². The van der Waals surface area contributed by atoms with Gasteiger partial charge in [0.25, 0.3) is 0 Å². The fourth-order valence-electron chi connectivity index (χ4n) is 2.61. The van der Waals surface area contributed by atoms with Crippen LogP contribution in [0.15, 0.2) is 0 Å². The first-order chi connectivity index (χ1) is 10.2. The van der Waals surface area contributed by atoms with Crippen LogP contribution in [0.25, 0.3) is 0 Å². The summed E-state index contributed by atoms with van der Waals surface area (Å²) in [6.07, 6.45) is 13.6. The number of hydrogen-bond acceptors (Lipinski definition) is 3. The van der Waals surface area contributed by atoms with Crippen LogP contribution in [-0.2, 0) is 0 Å². The van der Waals surface area contributed by atoms with Crippen LogP contribution in [-0.4, -0.2) is 31.9 Å². The van der Waals surface area contributed by atoms with Crippen LogP contribution in [0.5, 0.6) is 0 Å². The van der Waals surface area contributed by atoms with E-state index in [2.05, 4.69) is 44.2 Å². The maximum atomic E-state index is 4.24. The highest BCUT2D eigenvalue weighted by Gasteiger charge is 2.02. The van der Waals surface area contributed by atoms with E-state index < -0.39 is 0 Å². The molecule has 0 bridgehead atoms. The third kappa shape index (κ3) is 16.5. The van der Waals surface area contributed by atoms with E-state index in [-0.39, 0.29) is 0 Å². The van der Waals surface area contributed by atoms with Crippen molar-refractivity contribution in [2.75, 3.05) is 25.9 Å². The molecule has 0 rings (SSSR count). The highest BCUT2D eigenvalue weighted by atomic mass is 32.1. The molecule has 0 aromatic rings. The van der Waals surface area contributed by atoms with Crippen molar-refractivity contribution in [1.82, 2.24) is 10.6 Å². The SMILES string of the molecule is CNC(C)CCCCCCCC(C)CNCCCCCS. The molecule has 2 N–H and O–H groups in total. The summed E-state index contributed by atoms with van der Waals surface area (Å²) in [6.45, 7) is 7.03. The van der Waals surface area contributed by atoms with Gasteiger partial charge in [-0.3, -0.25) is 0 Å². The molecule has 0 fully saturated rings. The molecule has 0 saturated carbocycles. The van der Waals surface area contributed by atoms with Crippen molar-refractivity contribution in [3.63, 3.8) is 0 Å². The Labute approximate surface area is 139 Å². The van der Waals surface area contributed by atoms with Crippen molar-refractivity contribution in [2.24, 2.45) is 5.92 Å². The Bertz CT molecular complexity index is 200. The van der Waals surface area contributed by atoms with Crippen LogP contribution >= 0.6 is 12.6 Å². The Morgan fingerprint density at radius 1 is 0.810 bits per heavy atom. The predicted octanol–water partition coefficient (Wildman–Crippen LogP) is 4.65. The molecule has 0 aliphatic carbocycles. The lowest BCUT2D eigenvalue weighted by molar-refractivity contribution is 0.443. The zero-order valence-corrected chi connectivity index (χ0v) is 15.7. The fraction of sp³-hybridized carbons (Fsp3) is 1.00. The van der Waals surface area contributed by atoms with Gasteiger partial charge in [0, 0.05) is 6.04 Å². The van der Waals surface area contributed by atoms with Gasteiger partial charge >= 0.3 is 0 Å². The molecule has 0 aromatic heterocycles. The molecule has 2 nitrogen and oxygen atoms in total. The van der Waals surface area contributed by atoms with E-state index in [4.69, 9.17) is 0 Å². The summed E-state index contributed by atoms with van der Waals surface area (Å²) >= 11 is 4.24. The molecule has 0 saturated heterocycles. The summed E-state index contributed by atoms with van der Waals surface area (Å²) in [5, 5.41) is 6.90. The Hall–Kier alpha value is 0.270. The normalized spacial score (nSPS) is 14.3. The highest BCUT2D eigenvalue weighted by molar-refractivity contribution is 7.80. The minimum absolute atomic E-state index is 0.684. The smallest absolute Gasteiger partial charge is 0.00357 e. The van der Waals surface area contributed by atoms with Gasteiger partial charge in [-0.15, -0.1) is 0 Å². The van der Waals surface area contributed by atoms with E-state index in [9.17, 15) is 0 Å². The number of hydrogen-bond donors (Lipinski definition) is 3. The first-order valence-corrected chi connectivity index (χ1v) is 9.82. The van der Waals surface area contributed by atoms with Crippen LogP contribution in [0, 0.1) is 5.92 Å². The lowest BCUT2D eigenvalue weighted by Gasteiger charge is -2.12. The number of rotatable bonds is 16. The number of thiol groups is 1. The zero-order valence-electron chi connectivity index (χ0n) is 14.8. The van der Waals surface area contributed by atoms with Gasteiger partial charge in [0.15, 0.2) is 0 Å². The topological polar surface area (TPSA) is 24.1 Å². The Kier molecular flexibility index (Phi) is 16.9. The Morgan fingerprint density at radius 2 is 1.43 bits per heavy atom. The maximum Gasteiger partial charge on any atom is 0.00357 e. The predicted molar refractivity (Wildman–Crippen MR) is 101 cm³/mol. The monoisotopic (exact) mass is 316 g/mol. The summed E-state index contributed by atoms with van der Waals surface area (Å²) in [5.41, 5.74) is 0. The molecular weight excluding hydrogens is 276 g/mol. The lowest BCUT2D eigenvalue weighted by atomic mass is 10.0. The molecule has 0 heterocycles. The van der Waals surface area contributed by atoms with E-state index in [1.54, 1.807) is 0 Å². The maximum absolute atomic E-state index is 4.24. The highest BCUT2D eigenvalue weighted by Crippen LogP contribution is 2.12. The van der Waals surface area contributed by atoms with Crippen molar-refractivity contribution in [3.05, 3.63) is 0 Å². The molecule has 128 valence electrons. The van der Waals surface area contributed by atoms with E-state index in [1.165, 1.54) is 77.3 Å². The third-order valence-electron chi connectivity index (χ3n) is 4.33. The molecule has 2 unspecified atom stereocenters. The minimum Gasteiger partial charge on any atom is -0.317 e. The van der Waals surface area contributed by atoms with Gasteiger partial charge in [-0.2, -0.15) is 12.6 Å². The summed E-state index contributed by atoms with van der Waals surface area (Å²) in [6, 6.07) is 0.684. The molecule has 0 aliphatic rings. The second kappa shape index (κ2) is 16.6. The number of unbranched alkanes of at least 4 members (excludes halogenated alkanes) is 6. The van der Waals surface area contributed by atoms with Crippen molar-refractivity contribution in [2.45, 2.75) is 84.1 Å². The third-order valence-corrected chi connectivity index (χ3v) is 4.65. The van der Waals surface area contributed by atoms with Crippen molar-refractivity contribution in [3.8, 4) is 0 Å². The molecule has 0 aromatic carbocycles. The van der Waals surface area contributed by atoms with E-state index in [0.717, 1.165) is 11.7 Å². The zero-order chi connectivity index (χ0) is 15.8. The lowest BCUT2D eigenvalue weighted by Crippen LogP contribution is -2.22. The van der Waals surface area contributed by atoms with Crippen LogP contribution in [0.3, 0.4) is 0 Å². The van der Waals surface area contributed by atoms with Crippen LogP contribution in [0.2, 0.25) is 0 Å². The van der Waals surface area contributed by atoms with Gasteiger partial charge in [-0.05, 0) is 64.4 Å². The first-order valence-electron chi connectivity index (χ1n) is 9.19. The average molecular weight is 317 g/mol. The van der Waals surface area contributed by atoms with Crippen LogP contribution in [0.4, 0.5) is 0 Å². The Morgan fingerprint density at radius 3 is 2.10 bits per heavy atom. The minimum atomic E-state index is 0.684. The van der Waals surface area contributed by atoms with Gasteiger partial charge in [0.2, 0.25) is 0 Å². The summed E-state index contributed by atoms with van der Waals surface area (Å²) < 4.78 is 0. The van der Waals surface area contributed by atoms with Gasteiger partial charge in [0.05, 0.1) is 0 Å². The standard InChI is InChI=1S/C18H40N2S/c1-17(16-20-14-10-7-11-15-21)12-8-5-4-6-9-13-18(2)19-3/h17-21H,4-16H2,1-3H3. The van der Waals surface area contributed by atoms with Crippen molar-refractivity contribution in [1.29, 1.82) is 0 Å². The van der Waals surface area contributed by atoms with Gasteiger partial charge in [0.1, 0.15) is 0 Å². The molecular formula is C18H40N2S. The molecule has 21 heavy (non-hydrogen) atoms. The summed E-state index contributed by atoms with van der Waals surface area (Å²) in [5.74, 6) is 1.86. The molecule has 3 heteroatoms. The molecule has 0 aliphatic heterocycles. The quantitative estimate of drug-likeness (QED) is 0.285. The molecule has 0 radical (unpaired) electrons. The summed E-state index contributed by atoms with van der Waals surface area (Å²) in [7, 11) is 2.06. The van der Waals surface area contributed by atoms with Crippen LogP contribution < -0.4 is 10.6 Å². The number of nitrogens with one attached hydrogen (secondary N) is 2. The first kappa shape index (κ1) is 21.3. The van der Waals surface area contributed by atoms with E-state index >= 15 is 0 Å². The average Bonchev–Trinajstić information content (AvgIpc) is 2.49. The largest absolute Gasteiger partial charge is 0.317 e. The molecule has 0 amide bonds. The van der Waals surface area contributed by atoms with Gasteiger partial charge in [-0.25, -0.2) is 0 Å². The van der Waals surface area contributed by atoms with E-state index in [1.807, 2.05) is 0 Å². The fourth-order valence-corrected chi connectivity index (χ4v) is 2.83. The molecule has 0 spiro atoms. The van der Waals surface area contributed by atoms with Crippen molar-refractivity contribution < 1.29 is 0 Å². The van der Waals surface area contributed by atoms with E-state index in [0.29, 0.717) is 6.04 Å². The summed E-state index contributed by atoms with van der Waals surface area (Å²) in [4.78, 5) is 0. The van der Waals surface area contributed by atoms with Gasteiger partial charge < -0.3 is 10.6 Å².